The molecule has 2 aliphatic rings. The Morgan fingerprint density at radius 2 is 2.00 bits per heavy atom. The lowest BCUT2D eigenvalue weighted by molar-refractivity contribution is 0.355. The van der Waals surface area contributed by atoms with Gasteiger partial charge in [0.15, 0.2) is 0 Å². The molecule has 0 aliphatic heterocycles. The van der Waals surface area contributed by atoms with Crippen molar-refractivity contribution in [3.63, 3.8) is 0 Å². The minimum absolute atomic E-state index is 0.621. The summed E-state index contributed by atoms with van der Waals surface area (Å²) in [6, 6.07) is 6.05. The average Bonchev–Trinajstić information content (AvgIpc) is 3.34. The molecule has 0 radical (unpaired) electrons. The van der Waals surface area contributed by atoms with Crippen LogP contribution in [0.2, 0.25) is 0 Å². The third-order valence-electron chi connectivity index (χ3n) is 4.84. The highest BCUT2D eigenvalue weighted by Gasteiger charge is 2.41. The van der Waals surface area contributed by atoms with Gasteiger partial charge in [0.2, 0.25) is 5.95 Å². The molecule has 2 aromatic rings. The van der Waals surface area contributed by atoms with Crippen molar-refractivity contribution < 1.29 is 4.74 Å². The molecule has 0 unspecified atom stereocenters. The summed E-state index contributed by atoms with van der Waals surface area (Å²) in [7, 11) is 1.68. The molecular weight excluding hydrogens is 250 g/mol. The van der Waals surface area contributed by atoms with Gasteiger partial charge in [0.1, 0.15) is 11.3 Å². The molecule has 2 aliphatic carbocycles. The fourth-order valence-corrected chi connectivity index (χ4v) is 3.44. The van der Waals surface area contributed by atoms with Gasteiger partial charge in [0.05, 0.1) is 12.6 Å². The maximum Gasteiger partial charge on any atom is 0.201 e. The molecule has 0 spiro atoms. The highest BCUT2D eigenvalue weighted by Crippen LogP contribution is 2.50. The van der Waals surface area contributed by atoms with Gasteiger partial charge in [0, 0.05) is 6.54 Å². The van der Waals surface area contributed by atoms with E-state index in [1.807, 2.05) is 12.1 Å². The van der Waals surface area contributed by atoms with Gasteiger partial charge in [-0.15, -0.1) is 0 Å². The third-order valence-corrected chi connectivity index (χ3v) is 4.84. The van der Waals surface area contributed by atoms with E-state index >= 15 is 0 Å². The number of hydrogen-bond acceptors (Lipinski definition) is 3. The minimum Gasteiger partial charge on any atom is -0.494 e. The lowest BCUT2D eigenvalue weighted by Gasteiger charge is -2.17. The molecule has 0 saturated heterocycles. The maximum atomic E-state index is 6.16. The van der Waals surface area contributed by atoms with Gasteiger partial charge < -0.3 is 15.0 Å². The van der Waals surface area contributed by atoms with Gasteiger partial charge in [-0.25, -0.2) is 4.98 Å². The molecule has 1 heterocycles. The predicted molar refractivity (Wildman–Crippen MR) is 79.6 cm³/mol. The molecule has 4 nitrogen and oxygen atoms in total. The first-order valence-corrected chi connectivity index (χ1v) is 7.56. The van der Waals surface area contributed by atoms with Crippen LogP contribution in [0, 0.1) is 17.8 Å². The molecule has 4 rings (SSSR count). The van der Waals surface area contributed by atoms with E-state index in [1.54, 1.807) is 7.11 Å². The van der Waals surface area contributed by atoms with Crippen LogP contribution in [0.25, 0.3) is 11.0 Å². The Morgan fingerprint density at radius 3 is 2.60 bits per heavy atom. The Morgan fingerprint density at radius 1 is 1.30 bits per heavy atom. The van der Waals surface area contributed by atoms with Gasteiger partial charge in [-0.2, -0.15) is 0 Å². The van der Waals surface area contributed by atoms with E-state index in [4.69, 9.17) is 10.5 Å². The molecule has 4 heteroatoms. The van der Waals surface area contributed by atoms with Gasteiger partial charge >= 0.3 is 0 Å². The molecule has 0 amide bonds. The van der Waals surface area contributed by atoms with Crippen molar-refractivity contribution in [2.45, 2.75) is 32.2 Å². The van der Waals surface area contributed by atoms with E-state index in [0.29, 0.717) is 5.95 Å². The number of nitrogen functional groups attached to an aromatic ring is 1. The highest BCUT2D eigenvalue weighted by molar-refractivity contribution is 5.84. The van der Waals surface area contributed by atoms with E-state index in [9.17, 15) is 0 Å². The zero-order valence-corrected chi connectivity index (χ0v) is 11.9. The number of imidazole rings is 1. The van der Waals surface area contributed by atoms with Gasteiger partial charge in [0.25, 0.3) is 0 Å². The Balaban J connectivity index is 1.73. The van der Waals surface area contributed by atoms with E-state index in [1.165, 1.54) is 25.7 Å². The standard InChI is InChI=1S/C16H21N3O/c1-20-14-4-2-3-13-15(14)18-16(17)19(13)9-12(10-5-6-10)11-7-8-11/h2-4,10-12H,5-9H2,1H3,(H2,17,18). The second kappa shape index (κ2) is 4.40. The van der Waals surface area contributed by atoms with Crippen LogP contribution in [0.3, 0.4) is 0 Å². The Labute approximate surface area is 118 Å². The largest absolute Gasteiger partial charge is 0.494 e. The first kappa shape index (κ1) is 12.1. The number of ether oxygens (including phenoxy) is 1. The lowest BCUT2D eigenvalue weighted by Crippen LogP contribution is -2.16. The van der Waals surface area contributed by atoms with Gasteiger partial charge in [-0.05, 0) is 55.6 Å². The number of nitrogens with zero attached hydrogens (tertiary/aromatic N) is 2. The fourth-order valence-electron chi connectivity index (χ4n) is 3.44. The first-order valence-electron chi connectivity index (χ1n) is 7.56. The zero-order valence-electron chi connectivity index (χ0n) is 11.9. The SMILES string of the molecule is COc1cccc2c1nc(N)n2CC(C1CC1)C1CC1. The number of anilines is 1. The molecule has 106 valence electrons. The minimum atomic E-state index is 0.621. The van der Waals surface area contributed by atoms with Crippen LogP contribution in [0.1, 0.15) is 25.7 Å². The molecule has 20 heavy (non-hydrogen) atoms. The molecule has 2 fully saturated rings. The molecule has 2 N–H and O–H groups in total. The molecule has 2 saturated carbocycles. The highest BCUT2D eigenvalue weighted by atomic mass is 16.5. The first-order chi connectivity index (χ1) is 9.78. The molecule has 1 aromatic carbocycles. The van der Waals surface area contributed by atoms with E-state index in [-0.39, 0.29) is 0 Å². The normalized spacial score (nSPS) is 18.9. The number of nitrogens with two attached hydrogens (primary N) is 1. The average molecular weight is 271 g/mol. The lowest BCUT2D eigenvalue weighted by atomic mass is 9.98. The van der Waals surface area contributed by atoms with Crippen LogP contribution >= 0.6 is 0 Å². The molecule has 0 atom stereocenters. The maximum absolute atomic E-state index is 6.16. The van der Waals surface area contributed by atoms with Crippen LogP contribution in [-0.4, -0.2) is 16.7 Å². The number of fused-ring (bicyclic) bond motifs is 1. The summed E-state index contributed by atoms with van der Waals surface area (Å²) < 4.78 is 7.58. The van der Waals surface area contributed by atoms with Crippen molar-refractivity contribution in [1.82, 2.24) is 9.55 Å². The van der Waals surface area contributed by atoms with Crippen LogP contribution in [0.4, 0.5) is 5.95 Å². The zero-order chi connectivity index (χ0) is 13.7. The summed E-state index contributed by atoms with van der Waals surface area (Å²) in [5.41, 5.74) is 8.15. The van der Waals surface area contributed by atoms with Crippen molar-refractivity contribution >= 4 is 17.0 Å². The molecular formula is C16H21N3O. The van der Waals surface area contributed by atoms with Crippen LogP contribution < -0.4 is 10.5 Å². The quantitative estimate of drug-likeness (QED) is 0.909. The second-order valence-electron chi connectivity index (χ2n) is 6.25. The second-order valence-corrected chi connectivity index (χ2v) is 6.25. The number of rotatable bonds is 5. The number of benzene rings is 1. The van der Waals surface area contributed by atoms with Crippen molar-refractivity contribution in [3.8, 4) is 5.75 Å². The summed E-state index contributed by atoms with van der Waals surface area (Å²) in [4.78, 5) is 4.51. The van der Waals surface area contributed by atoms with Crippen LogP contribution in [-0.2, 0) is 6.54 Å². The van der Waals surface area contributed by atoms with Crippen molar-refractivity contribution in [1.29, 1.82) is 0 Å². The Bertz CT molecular complexity index is 628. The van der Waals surface area contributed by atoms with Crippen LogP contribution in [0.15, 0.2) is 18.2 Å². The fraction of sp³-hybridized carbons (Fsp3) is 0.562. The Kier molecular flexibility index (Phi) is 2.65. The summed E-state index contributed by atoms with van der Waals surface area (Å²) in [5, 5.41) is 0. The molecule has 1 aromatic heterocycles. The topological polar surface area (TPSA) is 53.1 Å². The third kappa shape index (κ3) is 1.94. The summed E-state index contributed by atoms with van der Waals surface area (Å²) in [6.45, 7) is 1.02. The predicted octanol–water partition coefficient (Wildman–Crippen LogP) is 3.06. The van der Waals surface area contributed by atoms with Crippen molar-refractivity contribution in [2.24, 2.45) is 17.8 Å². The van der Waals surface area contributed by atoms with Crippen molar-refractivity contribution in [3.05, 3.63) is 18.2 Å². The number of hydrogen-bond donors (Lipinski definition) is 1. The monoisotopic (exact) mass is 271 g/mol. The number of methoxy groups -OCH3 is 1. The van der Waals surface area contributed by atoms with E-state index in [0.717, 1.165) is 41.1 Å². The van der Waals surface area contributed by atoms with E-state index in [2.05, 4.69) is 15.6 Å². The van der Waals surface area contributed by atoms with E-state index < -0.39 is 0 Å². The summed E-state index contributed by atoms with van der Waals surface area (Å²) in [5.74, 6) is 4.06. The smallest absolute Gasteiger partial charge is 0.201 e. The molecule has 0 bridgehead atoms. The van der Waals surface area contributed by atoms with Gasteiger partial charge in [-0.3, -0.25) is 0 Å². The summed E-state index contributed by atoms with van der Waals surface area (Å²) in [6.07, 6.45) is 5.60. The Hall–Kier alpha value is -1.71. The summed E-state index contributed by atoms with van der Waals surface area (Å²) >= 11 is 0. The van der Waals surface area contributed by atoms with Gasteiger partial charge in [-0.1, -0.05) is 6.07 Å². The van der Waals surface area contributed by atoms with Crippen molar-refractivity contribution in [2.75, 3.05) is 12.8 Å². The number of aromatic nitrogens is 2. The number of para-hydroxylation sites is 1. The van der Waals surface area contributed by atoms with Crippen LogP contribution in [0.5, 0.6) is 5.75 Å².